The molecule has 21 heavy (non-hydrogen) atoms. The van der Waals surface area contributed by atoms with E-state index in [9.17, 15) is 4.79 Å². The molecule has 0 spiro atoms. The van der Waals surface area contributed by atoms with Gasteiger partial charge in [-0.25, -0.2) is 0 Å². The lowest BCUT2D eigenvalue weighted by molar-refractivity contribution is -0.137. The fourth-order valence-corrected chi connectivity index (χ4v) is 3.93. The zero-order valence-electron chi connectivity index (χ0n) is 12.0. The number of carbonyl (C=O) groups is 1. The van der Waals surface area contributed by atoms with Gasteiger partial charge in [-0.1, -0.05) is 18.2 Å². The van der Waals surface area contributed by atoms with Gasteiger partial charge in [0.15, 0.2) is 0 Å². The normalized spacial score (nSPS) is 18.9. The summed E-state index contributed by atoms with van der Waals surface area (Å²) in [5.41, 5.74) is 3.06. The van der Waals surface area contributed by atoms with E-state index >= 15 is 0 Å². The summed E-state index contributed by atoms with van der Waals surface area (Å²) in [6.45, 7) is 2.87. The number of para-hydroxylation sites is 1. The van der Waals surface area contributed by atoms with Gasteiger partial charge < -0.3 is 10.0 Å². The van der Waals surface area contributed by atoms with Gasteiger partial charge in [0.1, 0.15) is 0 Å². The molecule has 4 nitrogen and oxygen atoms in total. The second-order valence-corrected chi connectivity index (χ2v) is 6.47. The molecule has 1 aliphatic heterocycles. The maximum absolute atomic E-state index is 11.1. The van der Waals surface area contributed by atoms with E-state index in [1.165, 1.54) is 0 Å². The SMILES string of the molecule is Cc1cc(N2CCSCC2CC(=O)O)c2ccccc2n1. The lowest BCUT2D eigenvalue weighted by Crippen LogP contribution is -2.43. The maximum atomic E-state index is 11.1. The third kappa shape index (κ3) is 2.97. The van der Waals surface area contributed by atoms with Gasteiger partial charge in [-0.15, -0.1) is 0 Å². The minimum absolute atomic E-state index is 0.0476. The Morgan fingerprint density at radius 3 is 3.10 bits per heavy atom. The predicted octanol–water partition coefficient (Wildman–Crippen LogP) is 2.94. The molecule has 1 saturated heterocycles. The van der Waals surface area contributed by atoms with Crippen LogP contribution in [0.15, 0.2) is 30.3 Å². The van der Waals surface area contributed by atoms with Crippen LogP contribution >= 0.6 is 11.8 Å². The smallest absolute Gasteiger partial charge is 0.305 e. The molecule has 0 bridgehead atoms. The van der Waals surface area contributed by atoms with Crippen molar-refractivity contribution in [1.82, 2.24) is 4.98 Å². The second-order valence-electron chi connectivity index (χ2n) is 5.32. The van der Waals surface area contributed by atoms with Crippen LogP contribution in [0.25, 0.3) is 10.9 Å². The van der Waals surface area contributed by atoms with Crippen molar-refractivity contribution in [2.24, 2.45) is 0 Å². The minimum atomic E-state index is -0.734. The van der Waals surface area contributed by atoms with Gasteiger partial charge in [-0.05, 0) is 19.1 Å². The molecule has 110 valence electrons. The fourth-order valence-electron chi connectivity index (χ4n) is 2.87. The first-order valence-electron chi connectivity index (χ1n) is 7.08. The summed E-state index contributed by atoms with van der Waals surface area (Å²) in [5.74, 6) is 1.16. The van der Waals surface area contributed by atoms with Crippen molar-refractivity contribution >= 4 is 34.3 Å². The number of aliphatic carboxylic acids is 1. The zero-order chi connectivity index (χ0) is 14.8. The van der Waals surface area contributed by atoms with Crippen LogP contribution in [0.2, 0.25) is 0 Å². The van der Waals surface area contributed by atoms with Gasteiger partial charge in [-0.3, -0.25) is 9.78 Å². The number of carboxylic acid groups (broad SMARTS) is 1. The van der Waals surface area contributed by atoms with Gasteiger partial charge in [-0.2, -0.15) is 11.8 Å². The first-order chi connectivity index (χ1) is 10.1. The van der Waals surface area contributed by atoms with E-state index in [0.717, 1.165) is 40.3 Å². The van der Waals surface area contributed by atoms with Gasteiger partial charge in [0.2, 0.25) is 0 Å². The summed E-state index contributed by atoms with van der Waals surface area (Å²) in [5, 5.41) is 10.3. The van der Waals surface area contributed by atoms with E-state index in [-0.39, 0.29) is 12.5 Å². The first kappa shape index (κ1) is 14.2. The third-order valence-electron chi connectivity index (χ3n) is 3.77. The van der Waals surface area contributed by atoms with E-state index in [0.29, 0.717) is 0 Å². The second kappa shape index (κ2) is 5.93. The Bertz CT molecular complexity index is 674. The van der Waals surface area contributed by atoms with Crippen LogP contribution in [-0.4, -0.2) is 40.2 Å². The number of nitrogens with zero attached hydrogens (tertiary/aromatic N) is 2. The minimum Gasteiger partial charge on any atom is -0.481 e. The van der Waals surface area contributed by atoms with Crippen molar-refractivity contribution in [3.63, 3.8) is 0 Å². The van der Waals surface area contributed by atoms with Gasteiger partial charge in [0.05, 0.1) is 11.9 Å². The van der Waals surface area contributed by atoms with Crippen molar-refractivity contribution in [3.05, 3.63) is 36.0 Å². The number of benzene rings is 1. The predicted molar refractivity (Wildman–Crippen MR) is 87.2 cm³/mol. The molecule has 3 rings (SSSR count). The molecule has 1 unspecified atom stereocenters. The summed E-state index contributed by atoms with van der Waals surface area (Å²) in [4.78, 5) is 17.9. The monoisotopic (exact) mass is 302 g/mol. The van der Waals surface area contributed by atoms with Crippen LogP contribution in [0.5, 0.6) is 0 Å². The Kier molecular flexibility index (Phi) is 4.01. The number of anilines is 1. The number of thioether (sulfide) groups is 1. The summed E-state index contributed by atoms with van der Waals surface area (Å²) in [6.07, 6.45) is 0.183. The van der Waals surface area contributed by atoms with Gasteiger partial charge >= 0.3 is 5.97 Å². The largest absolute Gasteiger partial charge is 0.481 e. The van der Waals surface area contributed by atoms with E-state index in [2.05, 4.69) is 22.0 Å². The summed E-state index contributed by atoms with van der Waals surface area (Å²) >= 11 is 1.83. The van der Waals surface area contributed by atoms with E-state index in [1.807, 2.05) is 36.9 Å². The lowest BCUT2D eigenvalue weighted by Gasteiger charge is -2.37. The molecule has 1 aliphatic rings. The lowest BCUT2D eigenvalue weighted by atomic mass is 10.1. The molecule has 1 atom stereocenters. The van der Waals surface area contributed by atoms with Crippen molar-refractivity contribution in [1.29, 1.82) is 0 Å². The molecule has 1 N–H and O–H groups in total. The van der Waals surface area contributed by atoms with Crippen LogP contribution in [0, 0.1) is 6.92 Å². The molecule has 1 aromatic carbocycles. The highest BCUT2D eigenvalue weighted by molar-refractivity contribution is 7.99. The maximum Gasteiger partial charge on any atom is 0.305 e. The number of aromatic nitrogens is 1. The molecule has 2 aromatic rings. The summed E-state index contributed by atoms with van der Waals surface area (Å²) in [6, 6.07) is 10.2. The molecular weight excluding hydrogens is 284 g/mol. The molecule has 1 fully saturated rings. The number of pyridine rings is 1. The Morgan fingerprint density at radius 2 is 2.29 bits per heavy atom. The number of aryl methyl sites for hydroxylation is 1. The molecular formula is C16H18N2O2S. The molecule has 2 heterocycles. The first-order valence-corrected chi connectivity index (χ1v) is 8.23. The quantitative estimate of drug-likeness (QED) is 0.944. The van der Waals surface area contributed by atoms with E-state index in [4.69, 9.17) is 5.11 Å². The Hall–Kier alpha value is -1.75. The van der Waals surface area contributed by atoms with Crippen LogP contribution in [-0.2, 0) is 4.79 Å². The molecule has 0 saturated carbocycles. The van der Waals surface area contributed by atoms with Crippen LogP contribution in [0.3, 0.4) is 0 Å². The highest BCUT2D eigenvalue weighted by Gasteiger charge is 2.26. The molecule has 0 amide bonds. The van der Waals surface area contributed by atoms with E-state index in [1.54, 1.807) is 0 Å². The highest BCUT2D eigenvalue weighted by Crippen LogP contribution is 2.32. The van der Waals surface area contributed by atoms with Crippen LogP contribution in [0.4, 0.5) is 5.69 Å². The van der Waals surface area contributed by atoms with Crippen LogP contribution < -0.4 is 4.90 Å². The highest BCUT2D eigenvalue weighted by atomic mass is 32.2. The standard InChI is InChI=1S/C16H18N2O2S/c1-11-8-15(13-4-2-3-5-14(13)17-11)18-6-7-21-10-12(18)9-16(19)20/h2-5,8,12H,6-7,9-10H2,1H3,(H,19,20). The van der Waals surface area contributed by atoms with Gasteiger partial charge in [0.25, 0.3) is 0 Å². The Balaban J connectivity index is 2.06. The summed E-state index contributed by atoms with van der Waals surface area (Å²) in [7, 11) is 0. The molecule has 1 aromatic heterocycles. The average Bonchev–Trinajstić information content (AvgIpc) is 2.46. The Morgan fingerprint density at radius 1 is 1.48 bits per heavy atom. The van der Waals surface area contributed by atoms with Crippen molar-refractivity contribution in [2.75, 3.05) is 23.0 Å². The van der Waals surface area contributed by atoms with Crippen molar-refractivity contribution in [2.45, 2.75) is 19.4 Å². The molecule has 0 aliphatic carbocycles. The van der Waals surface area contributed by atoms with Crippen LogP contribution in [0.1, 0.15) is 12.1 Å². The number of fused-ring (bicyclic) bond motifs is 1. The zero-order valence-corrected chi connectivity index (χ0v) is 12.8. The topological polar surface area (TPSA) is 53.4 Å². The van der Waals surface area contributed by atoms with Gasteiger partial charge in [0, 0.05) is 40.9 Å². The van der Waals surface area contributed by atoms with E-state index < -0.39 is 5.97 Å². The number of rotatable bonds is 3. The number of hydrogen-bond acceptors (Lipinski definition) is 4. The Labute approximate surface area is 128 Å². The molecule has 5 heteroatoms. The summed E-state index contributed by atoms with van der Waals surface area (Å²) < 4.78 is 0. The third-order valence-corrected chi connectivity index (χ3v) is 4.86. The van der Waals surface area contributed by atoms with Crippen molar-refractivity contribution < 1.29 is 9.90 Å². The number of carboxylic acids is 1. The average molecular weight is 302 g/mol. The van der Waals surface area contributed by atoms with Crippen molar-refractivity contribution in [3.8, 4) is 0 Å². The fraction of sp³-hybridized carbons (Fsp3) is 0.375. The molecule has 0 radical (unpaired) electrons. The number of hydrogen-bond donors (Lipinski definition) is 1.